The molecule has 1 saturated carbocycles. The van der Waals surface area contributed by atoms with E-state index in [2.05, 4.69) is 21.7 Å². The molecular formula is C31H36F2N4O2. The molecule has 2 N–H and O–H groups in total. The molecule has 3 aliphatic rings. The van der Waals surface area contributed by atoms with Crippen molar-refractivity contribution in [3.05, 3.63) is 82.1 Å². The Kier molecular flexibility index (Phi) is 8.00. The van der Waals surface area contributed by atoms with Crippen LogP contribution in [0.1, 0.15) is 68.1 Å². The minimum absolute atomic E-state index is 0.0111. The Morgan fingerprint density at radius 1 is 1.18 bits per heavy atom. The van der Waals surface area contributed by atoms with E-state index in [9.17, 15) is 4.79 Å². The second-order valence-corrected chi connectivity index (χ2v) is 10.6. The van der Waals surface area contributed by atoms with Gasteiger partial charge in [0.15, 0.2) is 0 Å². The first kappa shape index (κ1) is 26.9. The van der Waals surface area contributed by atoms with E-state index in [1.54, 1.807) is 7.05 Å². The molecule has 0 radical (unpaired) electrons. The summed E-state index contributed by atoms with van der Waals surface area (Å²) in [5.41, 5.74) is 4.67. The number of nitrogens with one attached hydrogen (secondary N) is 2. The minimum atomic E-state index is -0.812. The molecule has 1 aliphatic carbocycles. The van der Waals surface area contributed by atoms with Gasteiger partial charge in [-0.05, 0) is 69.7 Å². The number of carbonyl (C=O) groups is 1. The zero-order valence-electron chi connectivity index (χ0n) is 22.8. The van der Waals surface area contributed by atoms with Gasteiger partial charge in [-0.25, -0.2) is 13.8 Å². The number of hydrogen-bond acceptors (Lipinski definition) is 4. The summed E-state index contributed by atoms with van der Waals surface area (Å²) in [6, 6.07) is 11.2. The number of aliphatic imine (C=N–C) groups is 1. The van der Waals surface area contributed by atoms with Gasteiger partial charge in [0.25, 0.3) is 6.02 Å². The predicted molar refractivity (Wildman–Crippen MR) is 150 cm³/mol. The monoisotopic (exact) mass is 534 g/mol. The van der Waals surface area contributed by atoms with Crippen LogP contribution in [-0.2, 0) is 9.53 Å². The number of rotatable bonds is 6. The van der Waals surface area contributed by atoms with Gasteiger partial charge in [-0.15, -0.1) is 0 Å². The molecule has 0 spiro atoms. The van der Waals surface area contributed by atoms with Crippen LogP contribution in [0.3, 0.4) is 0 Å². The molecular weight excluding hydrogens is 498 g/mol. The van der Waals surface area contributed by atoms with Gasteiger partial charge < -0.3 is 20.3 Å². The average molecular weight is 535 g/mol. The second kappa shape index (κ2) is 11.6. The molecule has 1 unspecified atom stereocenters. The molecule has 206 valence electrons. The van der Waals surface area contributed by atoms with E-state index < -0.39 is 17.6 Å². The van der Waals surface area contributed by atoms with Crippen LogP contribution in [0.5, 0.6) is 0 Å². The number of piperidine rings is 1. The third-order valence-corrected chi connectivity index (χ3v) is 7.75. The van der Waals surface area contributed by atoms with Crippen LogP contribution in [0.25, 0.3) is 5.76 Å². The lowest BCUT2D eigenvalue weighted by Gasteiger charge is -2.41. The molecule has 3 fully saturated rings. The topological polar surface area (TPSA) is 66.0 Å². The van der Waals surface area contributed by atoms with Crippen molar-refractivity contribution < 1.29 is 18.3 Å². The highest BCUT2D eigenvalue weighted by Crippen LogP contribution is 2.37. The number of halogens is 2. The van der Waals surface area contributed by atoms with Crippen LogP contribution >= 0.6 is 0 Å². The Labute approximate surface area is 228 Å². The zero-order valence-corrected chi connectivity index (χ0v) is 22.8. The number of carbonyl (C=O) groups excluding carboxylic acids is 1. The van der Waals surface area contributed by atoms with Crippen LogP contribution < -0.4 is 15.5 Å². The normalized spacial score (nSPS) is 20.4. The number of amides is 1. The summed E-state index contributed by atoms with van der Waals surface area (Å²) in [6.07, 6.45) is 7.04. The summed E-state index contributed by atoms with van der Waals surface area (Å²) >= 11 is 0. The fraction of sp³-hybridized carbons (Fsp3) is 0.419. The number of anilines is 1. The Balaban J connectivity index is 1.20. The van der Waals surface area contributed by atoms with E-state index in [1.807, 2.05) is 43.0 Å². The standard InChI is InChI=1S/C31H36F2N4O2/c1-4-7-28(21-11-5-8-19(2)14-21)39-31(34-3)35-22-17-37(18-22)23-15-25(32)29(26(33)16-23)24-12-13-27(36-30(24)38)20-9-6-10-20/h5,7-8,11,14-16,22,24H,4,6,9-10,12-13,17-18H2,1-3H3,(H,34,35)(H,36,38)/b28-7+. The number of hydrogen-bond donors (Lipinski definition) is 2. The molecule has 1 amide bonds. The SMILES string of the molecule is CC/C=C(/OC(=NC)NC1CN(c2cc(F)c(C3CCC(=C4CCC4)NC3=O)c(F)c2)C1)c1cccc(C)c1. The maximum atomic E-state index is 15.2. The van der Waals surface area contributed by atoms with Gasteiger partial charge in [-0.2, -0.15) is 0 Å². The first-order chi connectivity index (χ1) is 18.9. The third kappa shape index (κ3) is 5.84. The largest absolute Gasteiger partial charge is 0.426 e. The van der Waals surface area contributed by atoms with E-state index in [4.69, 9.17) is 4.74 Å². The number of benzene rings is 2. The highest BCUT2D eigenvalue weighted by atomic mass is 19.1. The first-order valence-corrected chi connectivity index (χ1v) is 13.8. The predicted octanol–water partition coefficient (Wildman–Crippen LogP) is 5.94. The summed E-state index contributed by atoms with van der Waals surface area (Å²) < 4.78 is 36.5. The van der Waals surface area contributed by atoms with Crippen molar-refractivity contribution in [2.75, 3.05) is 25.0 Å². The van der Waals surface area contributed by atoms with Crippen molar-refractivity contribution in [2.24, 2.45) is 4.99 Å². The minimum Gasteiger partial charge on any atom is -0.426 e. The van der Waals surface area contributed by atoms with Crippen LogP contribution in [0.4, 0.5) is 14.5 Å². The summed E-state index contributed by atoms with van der Waals surface area (Å²) in [5, 5.41) is 6.20. The summed E-state index contributed by atoms with van der Waals surface area (Å²) in [4.78, 5) is 18.9. The number of aryl methyl sites for hydroxylation is 1. The van der Waals surface area contributed by atoms with Crippen LogP contribution in [-0.4, -0.2) is 38.1 Å². The van der Waals surface area contributed by atoms with Crippen molar-refractivity contribution in [1.29, 1.82) is 0 Å². The van der Waals surface area contributed by atoms with E-state index in [0.29, 0.717) is 37.6 Å². The van der Waals surface area contributed by atoms with Crippen LogP contribution in [0.2, 0.25) is 0 Å². The highest BCUT2D eigenvalue weighted by Gasteiger charge is 2.35. The molecule has 39 heavy (non-hydrogen) atoms. The maximum Gasteiger partial charge on any atom is 0.290 e. The number of amidine groups is 1. The lowest BCUT2D eigenvalue weighted by atomic mass is 9.83. The van der Waals surface area contributed by atoms with Crippen molar-refractivity contribution in [3.63, 3.8) is 0 Å². The fourth-order valence-corrected chi connectivity index (χ4v) is 5.40. The van der Waals surface area contributed by atoms with E-state index >= 15 is 8.78 Å². The van der Waals surface area contributed by atoms with Gasteiger partial charge in [0.2, 0.25) is 5.91 Å². The molecule has 2 aromatic rings. The van der Waals surface area contributed by atoms with Crippen molar-refractivity contribution in [3.8, 4) is 0 Å². The number of ether oxygens (including phenoxy) is 1. The molecule has 2 heterocycles. The Bertz CT molecular complexity index is 1310. The lowest BCUT2D eigenvalue weighted by molar-refractivity contribution is -0.123. The maximum absolute atomic E-state index is 15.2. The zero-order chi connectivity index (χ0) is 27.5. The third-order valence-electron chi connectivity index (χ3n) is 7.75. The van der Waals surface area contributed by atoms with Crippen LogP contribution in [0.15, 0.2) is 58.7 Å². The molecule has 0 bridgehead atoms. The van der Waals surface area contributed by atoms with Crippen molar-refractivity contribution in [2.45, 2.75) is 64.3 Å². The van der Waals surface area contributed by atoms with Crippen LogP contribution in [0, 0.1) is 18.6 Å². The summed E-state index contributed by atoms with van der Waals surface area (Å²) in [6.45, 7) is 5.17. The van der Waals surface area contributed by atoms with Gasteiger partial charge in [-0.1, -0.05) is 36.3 Å². The van der Waals surface area contributed by atoms with E-state index in [0.717, 1.165) is 48.3 Å². The molecule has 8 heteroatoms. The summed E-state index contributed by atoms with van der Waals surface area (Å²) in [7, 11) is 1.66. The Morgan fingerprint density at radius 3 is 2.51 bits per heavy atom. The summed E-state index contributed by atoms with van der Waals surface area (Å²) in [5.74, 6) is -1.75. The quantitative estimate of drug-likeness (QED) is 0.274. The van der Waals surface area contributed by atoms with Crippen molar-refractivity contribution >= 4 is 23.4 Å². The van der Waals surface area contributed by atoms with Gasteiger partial charge in [0.05, 0.1) is 12.0 Å². The highest BCUT2D eigenvalue weighted by molar-refractivity contribution is 5.86. The molecule has 1 atom stereocenters. The molecule has 0 aromatic heterocycles. The number of nitrogens with zero attached hydrogens (tertiary/aromatic N) is 2. The van der Waals surface area contributed by atoms with Gasteiger partial charge in [-0.3, -0.25) is 4.79 Å². The molecule has 2 saturated heterocycles. The van der Waals surface area contributed by atoms with E-state index in [-0.39, 0.29) is 17.5 Å². The van der Waals surface area contributed by atoms with Gasteiger partial charge in [0, 0.05) is 42.6 Å². The first-order valence-electron chi connectivity index (χ1n) is 13.8. The average Bonchev–Trinajstić information content (AvgIpc) is 2.84. The lowest BCUT2D eigenvalue weighted by Crippen LogP contribution is -2.59. The second-order valence-electron chi connectivity index (χ2n) is 10.6. The fourth-order valence-electron chi connectivity index (χ4n) is 5.40. The van der Waals surface area contributed by atoms with E-state index in [1.165, 1.54) is 17.7 Å². The van der Waals surface area contributed by atoms with Gasteiger partial charge >= 0.3 is 0 Å². The molecule has 5 rings (SSSR count). The molecule has 2 aliphatic heterocycles. The Hall–Kier alpha value is -3.68. The van der Waals surface area contributed by atoms with Crippen molar-refractivity contribution in [1.82, 2.24) is 10.6 Å². The number of allylic oxidation sites excluding steroid dienone is 3. The molecule has 6 nitrogen and oxygen atoms in total. The smallest absolute Gasteiger partial charge is 0.290 e. The van der Waals surface area contributed by atoms with Gasteiger partial charge in [0.1, 0.15) is 17.4 Å². The molecule has 2 aromatic carbocycles. The Morgan fingerprint density at radius 2 is 1.92 bits per heavy atom.